The maximum atomic E-state index is 11.5. The van der Waals surface area contributed by atoms with Crippen molar-refractivity contribution < 1.29 is 8.42 Å². The molecule has 1 aromatic heterocycles. The van der Waals surface area contributed by atoms with Gasteiger partial charge in [0.05, 0.1) is 11.0 Å². The van der Waals surface area contributed by atoms with Gasteiger partial charge in [-0.3, -0.25) is 0 Å². The Bertz CT molecular complexity index is 407. The molecule has 0 atom stereocenters. The van der Waals surface area contributed by atoms with E-state index >= 15 is 0 Å². The Balaban J connectivity index is 2.58. The molecular formula is C10H18N2O2S. The normalized spacial score (nSPS) is 12.3. The maximum Gasteiger partial charge on any atom is 0.154 e. The number of nitrogens with zero attached hydrogens (tertiary/aromatic N) is 1. The lowest BCUT2D eigenvalue weighted by Gasteiger charge is -2.07. The molecule has 15 heavy (non-hydrogen) atoms. The van der Waals surface area contributed by atoms with Crippen molar-refractivity contribution in [2.45, 2.75) is 32.2 Å². The van der Waals surface area contributed by atoms with Crippen LogP contribution in [-0.2, 0) is 22.9 Å². The van der Waals surface area contributed by atoms with E-state index in [-0.39, 0.29) is 11.0 Å². The highest BCUT2D eigenvalue weighted by atomic mass is 32.2. The van der Waals surface area contributed by atoms with Crippen LogP contribution in [0.4, 0.5) is 0 Å². The summed E-state index contributed by atoms with van der Waals surface area (Å²) in [5, 5.41) is -0.304. The third kappa shape index (κ3) is 3.35. The highest BCUT2D eigenvalue weighted by Crippen LogP contribution is 2.04. The van der Waals surface area contributed by atoms with Crippen LogP contribution < -0.4 is 5.73 Å². The van der Waals surface area contributed by atoms with Gasteiger partial charge in [-0.05, 0) is 25.5 Å². The molecule has 0 aliphatic carbocycles. The minimum absolute atomic E-state index is 0.184. The van der Waals surface area contributed by atoms with Crippen LogP contribution in [0.2, 0.25) is 0 Å². The summed E-state index contributed by atoms with van der Waals surface area (Å²) in [5.74, 6) is 0.184. The lowest BCUT2D eigenvalue weighted by Crippen LogP contribution is -2.20. The van der Waals surface area contributed by atoms with Crippen molar-refractivity contribution in [3.05, 3.63) is 24.0 Å². The third-order valence-corrected chi connectivity index (χ3v) is 4.59. The quantitative estimate of drug-likeness (QED) is 0.812. The van der Waals surface area contributed by atoms with E-state index in [9.17, 15) is 8.42 Å². The molecule has 0 saturated carbocycles. The predicted molar refractivity (Wildman–Crippen MR) is 61.2 cm³/mol. The molecule has 0 spiro atoms. The molecule has 1 heterocycles. The van der Waals surface area contributed by atoms with Gasteiger partial charge in [-0.25, -0.2) is 8.42 Å². The van der Waals surface area contributed by atoms with Gasteiger partial charge in [-0.15, -0.1) is 0 Å². The Morgan fingerprint density at radius 3 is 2.60 bits per heavy atom. The van der Waals surface area contributed by atoms with Gasteiger partial charge in [0.25, 0.3) is 0 Å². The van der Waals surface area contributed by atoms with E-state index in [1.54, 1.807) is 13.8 Å². The molecule has 0 saturated heterocycles. The summed E-state index contributed by atoms with van der Waals surface area (Å²) >= 11 is 0. The number of aromatic nitrogens is 1. The van der Waals surface area contributed by atoms with E-state index in [2.05, 4.69) is 0 Å². The monoisotopic (exact) mass is 230 g/mol. The van der Waals surface area contributed by atoms with Crippen LogP contribution in [0.15, 0.2) is 18.5 Å². The fraction of sp³-hybridized carbons (Fsp3) is 0.600. The third-order valence-electron chi connectivity index (χ3n) is 2.40. The Morgan fingerprint density at radius 1 is 1.47 bits per heavy atom. The molecule has 2 N–H and O–H groups in total. The van der Waals surface area contributed by atoms with Gasteiger partial charge in [0.15, 0.2) is 9.84 Å². The zero-order chi connectivity index (χ0) is 11.5. The lowest BCUT2D eigenvalue weighted by atomic mass is 10.4. The van der Waals surface area contributed by atoms with Gasteiger partial charge < -0.3 is 10.3 Å². The number of nitrogens with two attached hydrogens (primary N) is 1. The molecule has 0 fully saturated rings. The van der Waals surface area contributed by atoms with Crippen molar-refractivity contribution in [3.8, 4) is 0 Å². The van der Waals surface area contributed by atoms with E-state index in [0.717, 1.165) is 5.56 Å². The molecule has 0 aromatic carbocycles. The molecule has 0 aliphatic rings. The number of aryl methyl sites for hydroxylation is 1. The van der Waals surface area contributed by atoms with Crippen LogP contribution in [0, 0.1) is 0 Å². The van der Waals surface area contributed by atoms with Gasteiger partial charge in [0.1, 0.15) is 0 Å². The molecule has 0 amide bonds. The second-order valence-corrected chi connectivity index (χ2v) is 6.55. The molecule has 0 unspecified atom stereocenters. The first-order valence-electron chi connectivity index (χ1n) is 5.02. The lowest BCUT2D eigenvalue weighted by molar-refractivity contribution is 0.580. The molecule has 1 aromatic rings. The van der Waals surface area contributed by atoms with Gasteiger partial charge in [0, 0.05) is 25.5 Å². The molecular weight excluding hydrogens is 212 g/mol. The Kier molecular flexibility index (Phi) is 3.93. The van der Waals surface area contributed by atoms with Crippen molar-refractivity contribution in [2.75, 3.05) is 5.75 Å². The van der Waals surface area contributed by atoms with Gasteiger partial charge >= 0.3 is 0 Å². The Morgan fingerprint density at radius 2 is 2.13 bits per heavy atom. The largest absolute Gasteiger partial charge is 0.353 e. The minimum atomic E-state index is -2.95. The first-order valence-corrected chi connectivity index (χ1v) is 6.73. The van der Waals surface area contributed by atoms with Crippen LogP contribution in [0.5, 0.6) is 0 Å². The highest BCUT2D eigenvalue weighted by molar-refractivity contribution is 7.91. The SMILES string of the molecule is CC(C)S(=O)(=O)CCn1ccc(CN)c1. The molecule has 0 radical (unpaired) electrons. The molecule has 0 aliphatic heterocycles. The van der Waals surface area contributed by atoms with Crippen LogP contribution in [-0.4, -0.2) is 24.0 Å². The van der Waals surface area contributed by atoms with Crippen LogP contribution in [0.3, 0.4) is 0 Å². The van der Waals surface area contributed by atoms with E-state index in [1.165, 1.54) is 0 Å². The number of hydrogen-bond donors (Lipinski definition) is 1. The first kappa shape index (κ1) is 12.3. The zero-order valence-electron chi connectivity index (χ0n) is 9.18. The fourth-order valence-corrected chi connectivity index (χ4v) is 2.16. The predicted octanol–water partition coefficient (Wildman–Crippen LogP) is 0.770. The van der Waals surface area contributed by atoms with Crippen LogP contribution >= 0.6 is 0 Å². The first-order chi connectivity index (χ1) is 6.95. The molecule has 86 valence electrons. The van der Waals surface area contributed by atoms with Crippen LogP contribution in [0.1, 0.15) is 19.4 Å². The summed E-state index contributed by atoms with van der Waals surface area (Å²) in [5.41, 5.74) is 6.49. The smallest absolute Gasteiger partial charge is 0.154 e. The van der Waals surface area contributed by atoms with E-state index in [4.69, 9.17) is 5.73 Å². The average Bonchev–Trinajstić information content (AvgIpc) is 2.62. The zero-order valence-corrected chi connectivity index (χ0v) is 10.00. The van der Waals surface area contributed by atoms with Gasteiger partial charge in [-0.2, -0.15) is 0 Å². The summed E-state index contributed by atoms with van der Waals surface area (Å²) < 4.78 is 24.9. The molecule has 4 nitrogen and oxygen atoms in total. The summed E-state index contributed by atoms with van der Waals surface area (Å²) in [4.78, 5) is 0. The van der Waals surface area contributed by atoms with Crippen molar-refractivity contribution >= 4 is 9.84 Å². The Hall–Kier alpha value is -0.810. The number of sulfone groups is 1. The summed E-state index contributed by atoms with van der Waals surface area (Å²) in [6.07, 6.45) is 3.74. The van der Waals surface area contributed by atoms with E-state index in [1.807, 2.05) is 23.0 Å². The second kappa shape index (κ2) is 4.81. The van der Waals surface area contributed by atoms with E-state index < -0.39 is 9.84 Å². The number of hydrogen-bond acceptors (Lipinski definition) is 3. The fourth-order valence-electron chi connectivity index (χ4n) is 1.22. The Labute approximate surface area is 91.0 Å². The summed E-state index contributed by atoms with van der Waals surface area (Å²) in [7, 11) is -2.95. The van der Waals surface area contributed by atoms with Gasteiger partial charge in [-0.1, -0.05) is 0 Å². The summed E-state index contributed by atoms with van der Waals surface area (Å²) in [6.45, 7) is 4.40. The molecule has 1 rings (SSSR count). The topological polar surface area (TPSA) is 65.1 Å². The minimum Gasteiger partial charge on any atom is -0.353 e. The van der Waals surface area contributed by atoms with Crippen molar-refractivity contribution in [2.24, 2.45) is 5.73 Å². The second-order valence-electron chi connectivity index (χ2n) is 3.88. The number of rotatable bonds is 5. The van der Waals surface area contributed by atoms with Crippen molar-refractivity contribution in [3.63, 3.8) is 0 Å². The van der Waals surface area contributed by atoms with Crippen molar-refractivity contribution in [1.82, 2.24) is 4.57 Å². The molecule has 5 heteroatoms. The molecule has 0 bridgehead atoms. The highest BCUT2D eigenvalue weighted by Gasteiger charge is 2.15. The standard InChI is InChI=1S/C10H18N2O2S/c1-9(2)15(13,14)6-5-12-4-3-10(7-11)8-12/h3-4,8-9H,5-7,11H2,1-2H3. The van der Waals surface area contributed by atoms with E-state index in [0.29, 0.717) is 13.1 Å². The van der Waals surface area contributed by atoms with Crippen LogP contribution in [0.25, 0.3) is 0 Å². The van der Waals surface area contributed by atoms with Crippen molar-refractivity contribution in [1.29, 1.82) is 0 Å². The van der Waals surface area contributed by atoms with Gasteiger partial charge in [0.2, 0.25) is 0 Å². The maximum absolute atomic E-state index is 11.5. The average molecular weight is 230 g/mol. The summed E-state index contributed by atoms with van der Waals surface area (Å²) in [6, 6.07) is 1.90.